The molecule has 3 heterocycles. The van der Waals surface area contributed by atoms with E-state index in [4.69, 9.17) is 4.42 Å². The number of H-pyrrole nitrogens is 1. The van der Waals surface area contributed by atoms with Crippen molar-refractivity contribution in [2.75, 3.05) is 0 Å². The van der Waals surface area contributed by atoms with Crippen LogP contribution in [0.5, 0.6) is 0 Å². The number of hydrogen-bond acceptors (Lipinski definition) is 4. The van der Waals surface area contributed by atoms with Crippen LogP contribution in [-0.4, -0.2) is 19.6 Å². The van der Waals surface area contributed by atoms with E-state index in [0.717, 1.165) is 16.8 Å². The molecule has 0 radical (unpaired) electrons. The number of nitrogens with one attached hydrogen (secondary N) is 1. The number of aromatic amines is 1. The molecule has 6 nitrogen and oxygen atoms in total. The van der Waals surface area contributed by atoms with E-state index in [1.807, 2.05) is 37.3 Å². The Hall–Kier alpha value is -3.15. The van der Waals surface area contributed by atoms with Crippen molar-refractivity contribution in [3.05, 3.63) is 64.5 Å². The average Bonchev–Trinajstić information content (AvgIpc) is 3.16. The SMILES string of the molecule is Cc1nc2c(-c3ccccc3)c(C)[nH]n2c(=O)c1-c1ncco1. The lowest BCUT2D eigenvalue weighted by molar-refractivity contribution is 0.572. The molecule has 0 unspecified atom stereocenters. The summed E-state index contributed by atoms with van der Waals surface area (Å²) in [6.07, 6.45) is 2.96. The van der Waals surface area contributed by atoms with Gasteiger partial charge in [0.2, 0.25) is 5.89 Å². The summed E-state index contributed by atoms with van der Waals surface area (Å²) in [4.78, 5) is 21.5. The van der Waals surface area contributed by atoms with Crippen LogP contribution in [0, 0.1) is 13.8 Å². The fourth-order valence-electron chi connectivity index (χ4n) is 2.83. The highest BCUT2D eigenvalue weighted by Crippen LogP contribution is 2.27. The molecule has 0 atom stereocenters. The van der Waals surface area contributed by atoms with Crippen molar-refractivity contribution in [1.29, 1.82) is 0 Å². The minimum absolute atomic E-state index is 0.222. The first-order chi connectivity index (χ1) is 11.2. The number of aryl methyl sites for hydroxylation is 2. The van der Waals surface area contributed by atoms with Gasteiger partial charge in [-0.05, 0) is 19.4 Å². The highest BCUT2D eigenvalue weighted by Gasteiger charge is 2.20. The maximum absolute atomic E-state index is 12.8. The van der Waals surface area contributed by atoms with Crippen molar-refractivity contribution in [1.82, 2.24) is 19.6 Å². The molecule has 6 heteroatoms. The molecule has 0 saturated carbocycles. The Morgan fingerprint density at radius 3 is 2.61 bits per heavy atom. The van der Waals surface area contributed by atoms with Crippen LogP contribution in [0.3, 0.4) is 0 Å². The van der Waals surface area contributed by atoms with Gasteiger partial charge in [-0.3, -0.25) is 9.89 Å². The molecule has 3 aromatic heterocycles. The molecule has 1 N–H and O–H groups in total. The number of oxazole rings is 1. The van der Waals surface area contributed by atoms with Crippen LogP contribution >= 0.6 is 0 Å². The minimum Gasteiger partial charge on any atom is -0.444 e. The van der Waals surface area contributed by atoms with Crippen molar-refractivity contribution in [3.63, 3.8) is 0 Å². The summed E-state index contributed by atoms with van der Waals surface area (Å²) in [6, 6.07) is 9.88. The van der Waals surface area contributed by atoms with Crippen LogP contribution in [0.2, 0.25) is 0 Å². The Bertz CT molecular complexity index is 1040. The molecule has 0 aliphatic rings. The van der Waals surface area contributed by atoms with E-state index in [1.54, 1.807) is 6.92 Å². The van der Waals surface area contributed by atoms with Crippen LogP contribution in [0.1, 0.15) is 11.4 Å². The zero-order chi connectivity index (χ0) is 16.0. The van der Waals surface area contributed by atoms with Crippen molar-refractivity contribution in [3.8, 4) is 22.6 Å². The van der Waals surface area contributed by atoms with Gasteiger partial charge in [0.25, 0.3) is 5.56 Å². The second-order valence-electron chi connectivity index (χ2n) is 5.35. The van der Waals surface area contributed by atoms with Crippen molar-refractivity contribution in [2.45, 2.75) is 13.8 Å². The Morgan fingerprint density at radius 2 is 1.91 bits per heavy atom. The van der Waals surface area contributed by atoms with Gasteiger partial charge < -0.3 is 4.42 Å². The van der Waals surface area contributed by atoms with Gasteiger partial charge in [0.1, 0.15) is 11.8 Å². The van der Waals surface area contributed by atoms with Crippen LogP contribution in [0.4, 0.5) is 0 Å². The molecule has 4 rings (SSSR count). The van der Waals surface area contributed by atoms with E-state index in [-0.39, 0.29) is 11.4 Å². The van der Waals surface area contributed by atoms with E-state index < -0.39 is 0 Å². The Morgan fingerprint density at radius 1 is 1.13 bits per heavy atom. The maximum Gasteiger partial charge on any atom is 0.285 e. The zero-order valence-electron chi connectivity index (χ0n) is 12.7. The fourth-order valence-corrected chi connectivity index (χ4v) is 2.83. The number of benzene rings is 1. The van der Waals surface area contributed by atoms with Crippen molar-refractivity contribution >= 4 is 5.65 Å². The molecule has 114 valence electrons. The van der Waals surface area contributed by atoms with Gasteiger partial charge in [0, 0.05) is 11.3 Å². The summed E-state index contributed by atoms with van der Waals surface area (Å²) in [5.41, 5.74) is 4.15. The lowest BCUT2D eigenvalue weighted by Crippen LogP contribution is -2.19. The molecule has 0 fully saturated rings. The summed E-state index contributed by atoms with van der Waals surface area (Å²) in [5.74, 6) is 0.280. The van der Waals surface area contributed by atoms with Crippen LogP contribution < -0.4 is 5.56 Å². The molecule has 0 saturated heterocycles. The lowest BCUT2D eigenvalue weighted by atomic mass is 10.1. The maximum atomic E-state index is 12.8. The predicted molar refractivity (Wildman–Crippen MR) is 86.2 cm³/mol. The number of fused-ring (bicyclic) bond motifs is 1. The first kappa shape index (κ1) is 13.5. The van der Waals surface area contributed by atoms with Crippen LogP contribution in [-0.2, 0) is 0 Å². The molecule has 0 aliphatic carbocycles. The summed E-state index contributed by atoms with van der Waals surface area (Å²) in [7, 11) is 0. The molecule has 23 heavy (non-hydrogen) atoms. The zero-order valence-corrected chi connectivity index (χ0v) is 12.7. The Labute approximate surface area is 131 Å². The van der Waals surface area contributed by atoms with E-state index in [1.165, 1.54) is 17.0 Å². The molecule has 0 bridgehead atoms. The van der Waals surface area contributed by atoms with Gasteiger partial charge in [-0.25, -0.2) is 14.5 Å². The predicted octanol–water partition coefficient (Wildman–Crippen LogP) is 2.96. The van der Waals surface area contributed by atoms with Gasteiger partial charge >= 0.3 is 0 Å². The molecule has 0 spiro atoms. The standard InChI is InChI=1S/C17H14N4O2/c1-10-14(16-18-8-9-23-16)17(22)21-15(19-10)13(11(2)20-21)12-6-4-3-5-7-12/h3-9,20H,1-2H3. The Kier molecular flexibility index (Phi) is 2.90. The molecule has 4 aromatic rings. The lowest BCUT2D eigenvalue weighted by Gasteiger charge is -2.03. The highest BCUT2D eigenvalue weighted by molar-refractivity contribution is 5.80. The largest absolute Gasteiger partial charge is 0.444 e. The summed E-state index contributed by atoms with van der Waals surface area (Å²) in [6.45, 7) is 3.72. The topological polar surface area (TPSA) is 76.2 Å². The molecule has 0 amide bonds. The number of nitrogens with zero attached hydrogens (tertiary/aromatic N) is 3. The van der Waals surface area contributed by atoms with Crippen molar-refractivity contribution < 1.29 is 4.42 Å². The first-order valence-corrected chi connectivity index (χ1v) is 7.24. The van der Waals surface area contributed by atoms with Gasteiger partial charge in [0.15, 0.2) is 5.65 Å². The Balaban J connectivity index is 2.07. The number of hydrogen-bond donors (Lipinski definition) is 1. The second-order valence-corrected chi connectivity index (χ2v) is 5.35. The average molecular weight is 306 g/mol. The second kappa shape index (κ2) is 4.95. The summed E-state index contributed by atoms with van der Waals surface area (Å²) in [5, 5.41) is 3.10. The molecular formula is C17H14N4O2. The van der Waals surface area contributed by atoms with E-state index >= 15 is 0 Å². The quantitative estimate of drug-likeness (QED) is 0.617. The van der Waals surface area contributed by atoms with Crippen LogP contribution in [0.15, 0.2) is 52.0 Å². The highest BCUT2D eigenvalue weighted by atomic mass is 16.3. The van der Waals surface area contributed by atoms with E-state index in [0.29, 0.717) is 16.9 Å². The van der Waals surface area contributed by atoms with Crippen molar-refractivity contribution in [2.24, 2.45) is 0 Å². The van der Waals surface area contributed by atoms with Gasteiger partial charge in [-0.1, -0.05) is 30.3 Å². The van der Waals surface area contributed by atoms with Gasteiger partial charge in [-0.2, -0.15) is 0 Å². The van der Waals surface area contributed by atoms with E-state index in [2.05, 4.69) is 15.1 Å². The third kappa shape index (κ3) is 1.99. The molecular weight excluding hydrogens is 292 g/mol. The minimum atomic E-state index is -0.222. The first-order valence-electron chi connectivity index (χ1n) is 7.24. The van der Waals surface area contributed by atoms with Gasteiger partial charge in [0.05, 0.1) is 11.9 Å². The van der Waals surface area contributed by atoms with Crippen LogP contribution in [0.25, 0.3) is 28.2 Å². The van der Waals surface area contributed by atoms with Gasteiger partial charge in [-0.15, -0.1) is 0 Å². The van der Waals surface area contributed by atoms with E-state index in [9.17, 15) is 4.79 Å². The summed E-state index contributed by atoms with van der Waals surface area (Å²) < 4.78 is 6.72. The summed E-state index contributed by atoms with van der Waals surface area (Å²) >= 11 is 0. The number of rotatable bonds is 2. The monoisotopic (exact) mass is 306 g/mol. The fraction of sp³-hybridized carbons (Fsp3) is 0.118. The molecule has 1 aromatic carbocycles. The normalized spacial score (nSPS) is 11.2. The molecule has 0 aliphatic heterocycles. The number of aromatic nitrogens is 4. The third-order valence-corrected chi connectivity index (χ3v) is 3.85. The third-order valence-electron chi connectivity index (χ3n) is 3.85. The smallest absolute Gasteiger partial charge is 0.285 e.